The molecule has 0 radical (unpaired) electrons. The number of carbonyl (C=O) groups is 1. The molecule has 0 spiro atoms. The molecule has 0 unspecified atom stereocenters. The molecule has 0 fully saturated rings. The van der Waals surface area contributed by atoms with E-state index in [9.17, 15) is 14.9 Å². The lowest BCUT2D eigenvalue weighted by molar-refractivity contribution is -0.385. The van der Waals surface area contributed by atoms with Gasteiger partial charge in [-0.3, -0.25) is 14.9 Å². The van der Waals surface area contributed by atoms with E-state index in [0.29, 0.717) is 11.1 Å². The van der Waals surface area contributed by atoms with Crippen LogP contribution in [0.25, 0.3) is 0 Å². The first kappa shape index (κ1) is 13.6. The topological polar surface area (TPSA) is 93.2 Å². The van der Waals surface area contributed by atoms with Crippen molar-refractivity contribution in [2.45, 2.75) is 20.3 Å². The van der Waals surface area contributed by atoms with Crippen molar-refractivity contribution in [2.75, 3.05) is 6.61 Å². The van der Waals surface area contributed by atoms with Crippen molar-refractivity contribution in [2.24, 2.45) is 0 Å². The van der Waals surface area contributed by atoms with Gasteiger partial charge in [0, 0.05) is 6.07 Å². The van der Waals surface area contributed by atoms with Crippen LogP contribution in [-0.4, -0.2) is 17.5 Å². The van der Waals surface area contributed by atoms with Gasteiger partial charge in [-0.2, -0.15) is 5.26 Å². The fourth-order valence-corrected chi connectivity index (χ4v) is 1.60. The fraction of sp³-hybridized carbons (Fsp3) is 0.333. The maximum absolute atomic E-state index is 11.4. The summed E-state index contributed by atoms with van der Waals surface area (Å²) in [7, 11) is 0. The van der Waals surface area contributed by atoms with Crippen molar-refractivity contribution in [1.82, 2.24) is 0 Å². The summed E-state index contributed by atoms with van der Waals surface area (Å²) in [5.74, 6) is -0.502. The molecule has 0 aliphatic carbocycles. The summed E-state index contributed by atoms with van der Waals surface area (Å²) in [6.45, 7) is 3.59. The van der Waals surface area contributed by atoms with Crippen molar-refractivity contribution in [3.8, 4) is 6.07 Å². The Morgan fingerprint density at radius 3 is 2.72 bits per heavy atom. The van der Waals surface area contributed by atoms with Gasteiger partial charge in [0.2, 0.25) is 0 Å². The minimum Gasteiger partial charge on any atom is -0.466 e. The van der Waals surface area contributed by atoms with E-state index in [1.54, 1.807) is 19.9 Å². The van der Waals surface area contributed by atoms with E-state index in [1.165, 1.54) is 12.1 Å². The monoisotopic (exact) mass is 248 g/mol. The van der Waals surface area contributed by atoms with E-state index in [0.717, 1.165) is 0 Å². The van der Waals surface area contributed by atoms with E-state index in [-0.39, 0.29) is 24.3 Å². The zero-order chi connectivity index (χ0) is 13.7. The number of hydrogen-bond donors (Lipinski definition) is 0. The molecule has 6 heteroatoms. The summed E-state index contributed by atoms with van der Waals surface area (Å²) in [4.78, 5) is 21.6. The van der Waals surface area contributed by atoms with Gasteiger partial charge < -0.3 is 4.74 Å². The largest absolute Gasteiger partial charge is 0.466 e. The molecular formula is C12H12N2O4. The minimum absolute atomic E-state index is 0.0759. The van der Waals surface area contributed by atoms with Gasteiger partial charge >= 0.3 is 5.97 Å². The number of nitro benzene ring substituents is 1. The number of ether oxygens (including phenoxy) is 1. The Hall–Kier alpha value is -2.42. The predicted molar refractivity (Wildman–Crippen MR) is 62.9 cm³/mol. The number of nitrogens with zero attached hydrogens (tertiary/aromatic N) is 2. The van der Waals surface area contributed by atoms with E-state index in [1.807, 2.05) is 0 Å². The van der Waals surface area contributed by atoms with Gasteiger partial charge in [0.05, 0.1) is 18.0 Å². The van der Waals surface area contributed by atoms with Gasteiger partial charge in [-0.1, -0.05) is 6.07 Å². The molecule has 0 saturated heterocycles. The van der Waals surface area contributed by atoms with Gasteiger partial charge in [0.15, 0.2) is 0 Å². The highest BCUT2D eigenvalue weighted by Gasteiger charge is 2.21. The molecule has 1 aromatic rings. The molecule has 6 nitrogen and oxygen atoms in total. The van der Waals surface area contributed by atoms with E-state index in [2.05, 4.69) is 0 Å². The highest BCUT2D eigenvalue weighted by molar-refractivity contribution is 5.75. The number of carbonyl (C=O) groups excluding carboxylic acids is 1. The first-order valence-electron chi connectivity index (χ1n) is 5.33. The third-order valence-electron chi connectivity index (χ3n) is 2.46. The summed E-state index contributed by atoms with van der Waals surface area (Å²) in [5, 5.41) is 19.8. The quantitative estimate of drug-likeness (QED) is 0.460. The summed E-state index contributed by atoms with van der Waals surface area (Å²) in [6.07, 6.45) is -0.135. The van der Waals surface area contributed by atoms with Crippen molar-refractivity contribution < 1.29 is 14.5 Å². The lowest BCUT2D eigenvalue weighted by atomic mass is 9.98. The number of nitriles is 1. The van der Waals surface area contributed by atoms with Crippen LogP contribution < -0.4 is 0 Å². The van der Waals surface area contributed by atoms with Gasteiger partial charge in [-0.25, -0.2) is 0 Å². The molecule has 0 amide bonds. The Morgan fingerprint density at radius 1 is 1.56 bits per heavy atom. The zero-order valence-electron chi connectivity index (χ0n) is 10.1. The lowest BCUT2D eigenvalue weighted by Crippen LogP contribution is -2.11. The van der Waals surface area contributed by atoms with Crippen LogP contribution in [0.15, 0.2) is 12.1 Å². The van der Waals surface area contributed by atoms with Crippen LogP contribution in [0, 0.1) is 28.4 Å². The molecule has 0 heterocycles. The summed E-state index contributed by atoms with van der Waals surface area (Å²) < 4.78 is 4.78. The average molecular weight is 248 g/mol. The van der Waals surface area contributed by atoms with Crippen LogP contribution in [0.3, 0.4) is 0 Å². The van der Waals surface area contributed by atoms with Crippen LogP contribution in [0.2, 0.25) is 0 Å². The number of esters is 1. The molecule has 0 atom stereocenters. The predicted octanol–water partition coefficient (Wildman–Crippen LogP) is 1.88. The van der Waals surface area contributed by atoms with Crippen molar-refractivity contribution in [3.63, 3.8) is 0 Å². The fourth-order valence-electron chi connectivity index (χ4n) is 1.60. The average Bonchev–Trinajstić information content (AvgIpc) is 2.31. The molecule has 94 valence electrons. The van der Waals surface area contributed by atoms with Gasteiger partial charge in [-0.15, -0.1) is 0 Å². The number of benzene rings is 1. The lowest BCUT2D eigenvalue weighted by Gasteiger charge is -2.07. The van der Waals surface area contributed by atoms with Crippen LogP contribution in [-0.2, 0) is 16.0 Å². The van der Waals surface area contributed by atoms with Crippen LogP contribution in [0.4, 0.5) is 5.69 Å². The van der Waals surface area contributed by atoms with Crippen LogP contribution >= 0.6 is 0 Å². The van der Waals surface area contributed by atoms with Crippen LogP contribution in [0.5, 0.6) is 0 Å². The Bertz CT molecular complexity index is 532. The third-order valence-corrected chi connectivity index (χ3v) is 2.46. The van der Waals surface area contributed by atoms with E-state index in [4.69, 9.17) is 10.00 Å². The first-order chi connectivity index (χ1) is 8.51. The van der Waals surface area contributed by atoms with Crippen molar-refractivity contribution in [1.29, 1.82) is 5.26 Å². The van der Waals surface area contributed by atoms with Gasteiger partial charge in [0.1, 0.15) is 11.6 Å². The number of nitro groups is 1. The summed E-state index contributed by atoms with van der Waals surface area (Å²) in [5.41, 5.74) is 0.644. The molecule has 18 heavy (non-hydrogen) atoms. The van der Waals surface area contributed by atoms with Gasteiger partial charge in [-0.05, 0) is 25.0 Å². The number of aryl methyl sites for hydroxylation is 1. The van der Waals surface area contributed by atoms with Crippen LogP contribution in [0.1, 0.15) is 23.6 Å². The van der Waals surface area contributed by atoms with E-state index < -0.39 is 10.9 Å². The maximum atomic E-state index is 11.4. The second-order valence-corrected chi connectivity index (χ2v) is 3.61. The molecule has 0 aliphatic heterocycles. The summed E-state index contributed by atoms with van der Waals surface area (Å²) >= 11 is 0. The van der Waals surface area contributed by atoms with Crippen molar-refractivity contribution in [3.05, 3.63) is 38.9 Å². The first-order valence-corrected chi connectivity index (χ1v) is 5.33. The molecule has 0 N–H and O–H groups in total. The number of rotatable bonds is 4. The van der Waals surface area contributed by atoms with E-state index >= 15 is 0 Å². The normalized spacial score (nSPS) is 9.61. The van der Waals surface area contributed by atoms with Gasteiger partial charge in [0.25, 0.3) is 5.69 Å². The third kappa shape index (κ3) is 2.83. The Balaban J connectivity index is 3.25. The highest BCUT2D eigenvalue weighted by Crippen LogP contribution is 2.25. The molecule has 1 rings (SSSR count). The molecule has 0 saturated carbocycles. The maximum Gasteiger partial charge on any atom is 0.310 e. The Morgan fingerprint density at radius 2 is 2.22 bits per heavy atom. The standard InChI is InChI=1S/C12H12N2O4/c1-3-18-12(15)6-9-8(2)4-5-11(14(16)17)10(9)7-13/h4-5H,3,6H2,1-2H3. The smallest absolute Gasteiger partial charge is 0.310 e. The molecule has 0 bridgehead atoms. The Kier molecular flexibility index (Phi) is 4.38. The molecule has 0 aliphatic rings. The molecular weight excluding hydrogens is 236 g/mol. The SMILES string of the molecule is CCOC(=O)Cc1c(C)ccc([N+](=O)[O-])c1C#N. The molecule has 0 aromatic heterocycles. The number of hydrogen-bond acceptors (Lipinski definition) is 5. The second-order valence-electron chi connectivity index (χ2n) is 3.61. The zero-order valence-corrected chi connectivity index (χ0v) is 10.1. The minimum atomic E-state index is -0.632. The highest BCUT2D eigenvalue weighted by atomic mass is 16.6. The molecule has 1 aromatic carbocycles. The second kappa shape index (κ2) is 5.77. The Labute approximate surface area is 104 Å². The van der Waals surface area contributed by atoms with Crippen molar-refractivity contribution >= 4 is 11.7 Å². The summed E-state index contributed by atoms with van der Waals surface area (Å²) in [6, 6.07) is 4.57.